The summed E-state index contributed by atoms with van der Waals surface area (Å²) in [4.78, 5) is 0. The lowest BCUT2D eigenvalue weighted by Crippen LogP contribution is -1.81. The molecule has 0 saturated carbocycles. The Morgan fingerprint density at radius 1 is 0.625 bits per heavy atom. The molecule has 0 radical (unpaired) electrons. The molecule has 0 nitrogen and oxygen atoms in total. The van der Waals surface area contributed by atoms with E-state index in [2.05, 4.69) is 97.3 Å². The Hall–Kier alpha value is -3.30. The molecule has 0 amide bonds. The second-order valence-electron chi connectivity index (χ2n) is 5.85. The van der Waals surface area contributed by atoms with Crippen molar-refractivity contribution in [1.82, 2.24) is 0 Å². The summed E-state index contributed by atoms with van der Waals surface area (Å²) in [7, 11) is 0. The summed E-state index contributed by atoms with van der Waals surface area (Å²) >= 11 is 0. The Bertz CT molecular complexity index is 1120. The third-order valence-electron chi connectivity index (χ3n) is 4.21. The number of allylic oxidation sites excluding steroid dienone is 1. The minimum atomic E-state index is 0.842. The van der Waals surface area contributed by atoms with E-state index in [1.54, 1.807) is 0 Å². The van der Waals surface area contributed by atoms with Crippen molar-refractivity contribution in [3.8, 4) is 11.8 Å². The molecule has 4 rings (SSSR count). The molecule has 4 aromatic carbocycles. The molecule has 0 fully saturated rings. The van der Waals surface area contributed by atoms with Crippen LogP contribution in [0, 0.1) is 11.8 Å². The summed E-state index contributed by atoms with van der Waals surface area (Å²) in [6, 6.07) is 29.3. The molecule has 0 heteroatoms. The molecular weight excluding hydrogens is 288 g/mol. The number of rotatable bonds is 1. The van der Waals surface area contributed by atoms with Crippen LogP contribution in [-0.4, -0.2) is 0 Å². The van der Waals surface area contributed by atoms with Gasteiger partial charge in [-0.25, -0.2) is 0 Å². The van der Waals surface area contributed by atoms with E-state index in [9.17, 15) is 0 Å². The van der Waals surface area contributed by atoms with Crippen LogP contribution in [0.1, 0.15) is 11.1 Å². The molecule has 4 aromatic rings. The Labute approximate surface area is 142 Å². The number of hydrogen-bond donors (Lipinski definition) is 0. The molecule has 0 N–H and O–H groups in total. The Kier molecular flexibility index (Phi) is 3.61. The summed E-state index contributed by atoms with van der Waals surface area (Å²) in [5.74, 6) is 6.43. The first-order chi connectivity index (χ1) is 11.8. The van der Waals surface area contributed by atoms with Crippen molar-refractivity contribution < 1.29 is 0 Å². The SMILES string of the molecule is C=C(C#Cc1ccc2ccccc2c1)c1ccc2ccccc2c1. The first kappa shape index (κ1) is 14.3. The van der Waals surface area contributed by atoms with Crippen LogP contribution in [0.15, 0.2) is 91.5 Å². The summed E-state index contributed by atoms with van der Waals surface area (Å²) in [5.41, 5.74) is 2.92. The molecule has 24 heavy (non-hydrogen) atoms. The van der Waals surface area contributed by atoms with Crippen molar-refractivity contribution in [2.75, 3.05) is 0 Å². The molecule has 0 saturated heterocycles. The summed E-state index contributed by atoms with van der Waals surface area (Å²) in [6.07, 6.45) is 0. The van der Waals surface area contributed by atoms with Gasteiger partial charge in [0.1, 0.15) is 0 Å². The number of benzene rings is 4. The maximum Gasteiger partial charge on any atom is 0.0255 e. The van der Waals surface area contributed by atoms with Crippen LogP contribution in [0.25, 0.3) is 27.1 Å². The van der Waals surface area contributed by atoms with Crippen molar-refractivity contribution in [1.29, 1.82) is 0 Å². The summed E-state index contributed by atoms with van der Waals surface area (Å²) in [5, 5.41) is 4.89. The van der Waals surface area contributed by atoms with Gasteiger partial charge in [0.2, 0.25) is 0 Å². The van der Waals surface area contributed by atoms with Crippen LogP contribution in [0.2, 0.25) is 0 Å². The van der Waals surface area contributed by atoms with Crippen LogP contribution in [0.5, 0.6) is 0 Å². The normalized spacial score (nSPS) is 10.3. The zero-order valence-corrected chi connectivity index (χ0v) is 13.3. The average molecular weight is 304 g/mol. The van der Waals surface area contributed by atoms with Gasteiger partial charge in [-0.15, -0.1) is 0 Å². The van der Waals surface area contributed by atoms with Gasteiger partial charge >= 0.3 is 0 Å². The Morgan fingerprint density at radius 2 is 1.21 bits per heavy atom. The first-order valence-corrected chi connectivity index (χ1v) is 7.98. The van der Waals surface area contributed by atoms with E-state index in [0.29, 0.717) is 0 Å². The van der Waals surface area contributed by atoms with Gasteiger partial charge in [-0.05, 0) is 45.3 Å². The smallest absolute Gasteiger partial charge is 0.0255 e. The fourth-order valence-corrected chi connectivity index (χ4v) is 2.86. The fourth-order valence-electron chi connectivity index (χ4n) is 2.86. The van der Waals surface area contributed by atoms with Crippen molar-refractivity contribution >= 4 is 27.1 Å². The lowest BCUT2D eigenvalue weighted by molar-refractivity contribution is 1.68. The minimum Gasteiger partial charge on any atom is -0.0827 e. The predicted molar refractivity (Wildman–Crippen MR) is 104 cm³/mol. The second kappa shape index (κ2) is 6.07. The molecule has 0 aromatic heterocycles. The van der Waals surface area contributed by atoms with E-state index in [1.165, 1.54) is 21.5 Å². The fraction of sp³-hybridized carbons (Fsp3) is 0. The van der Waals surface area contributed by atoms with Gasteiger partial charge in [-0.1, -0.05) is 85.1 Å². The highest BCUT2D eigenvalue weighted by Crippen LogP contribution is 2.20. The van der Waals surface area contributed by atoms with Gasteiger partial charge in [0, 0.05) is 11.1 Å². The van der Waals surface area contributed by atoms with Crippen LogP contribution in [0.3, 0.4) is 0 Å². The summed E-state index contributed by atoms with van der Waals surface area (Å²) in [6.45, 7) is 4.14. The van der Waals surface area contributed by atoms with Gasteiger partial charge < -0.3 is 0 Å². The van der Waals surface area contributed by atoms with Crippen molar-refractivity contribution in [2.45, 2.75) is 0 Å². The monoisotopic (exact) mass is 304 g/mol. The highest BCUT2D eigenvalue weighted by Gasteiger charge is 1.98. The minimum absolute atomic E-state index is 0.842. The van der Waals surface area contributed by atoms with Crippen molar-refractivity contribution in [3.05, 3.63) is 103 Å². The molecule has 112 valence electrons. The number of fused-ring (bicyclic) bond motifs is 2. The standard InChI is InChI=1S/C24H16/c1-18(22-15-14-21-7-3-5-9-24(21)17-22)10-11-19-12-13-20-6-2-4-8-23(20)16-19/h2-9,12-17H,1H2. The molecule has 0 heterocycles. The van der Waals surface area contributed by atoms with Crippen molar-refractivity contribution in [2.24, 2.45) is 0 Å². The van der Waals surface area contributed by atoms with Crippen LogP contribution in [-0.2, 0) is 0 Å². The number of hydrogen-bond acceptors (Lipinski definition) is 0. The van der Waals surface area contributed by atoms with E-state index in [4.69, 9.17) is 0 Å². The van der Waals surface area contributed by atoms with E-state index >= 15 is 0 Å². The molecule has 0 unspecified atom stereocenters. The average Bonchev–Trinajstić information content (AvgIpc) is 2.65. The zero-order chi connectivity index (χ0) is 16.4. The molecule has 0 spiro atoms. The molecule has 0 aliphatic carbocycles. The van der Waals surface area contributed by atoms with Gasteiger partial charge in [0.15, 0.2) is 0 Å². The lowest BCUT2D eigenvalue weighted by atomic mass is 10.0. The van der Waals surface area contributed by atoms with Crippen LogP contribution < -0.4 is 0 Å². The second-order valence-corrected chi connectivity index (χ2v) is 5.85. The van der Waals surface area contributed by atoms with Gasteiger partial charge in [0.05, 0.1) is 0 Å². The van der Waals surface area contributed by atoms with Gasteiger partial charge in [-0.2, -0.15) is 0 Å². The largest absolute Gasteiger partial charge is 0.0827 e. The Balaban J connectivity index is 1.66. The van der Waals surface area contributed by atoms with Gasteiger partial charge in [-0.3, -0.25) is 0 Å². The molecule has 0 atom stereocenters. The van der Waals surface area contributed by atoms with Crippen LogP contribution >= 0.6 is 0 Å². The Morgan fingerprint density at radius 3 is 1.92 bits per heavy atom. The molecular formula is C24H16. The van der Waals surface area contributed by atoms with Crippen LogP contribution in [0.4, 0.5) is 0 Å². The predicted octanol–water partition coefficient (Wildman–Crippen LogP) is 6.06. The van der Waals surface area contributed by atoms with E-state index in [-0.39, 0.29) is 0 Å². The molecule has 0 aliphatic rings. The first-order valence-electron chi connectivity index (χ1n) is 7.98. The molecule has 0 aliphatic heterocycles. The highest BCUT2D eigenvalue weighted by atomic mass is 14.0. The third-order valence-corrected chi connectivity index (χ3v) is 4.21. The van der Waals surface area contributed by atoms with E-state index < -0.39 is 0 Å². The zero-order valence-electron chi connectivity index (χ0n) is 13.3. The quantitative estimate of drug-likeness (QED) is 0.375. The summed E-state index contributed by atoms with van der Waals surface area (Å²) < 4.78 is 0. The highest BCUT2D eigenvalue weighted by molar-refractivity contribution is 5.89. The molecule has 0 bridgehead atoms. The maximum absolute atomic E-state index is 4.14. The van der Waals surface area contributed by atoms with E-state index in [0.717, 1.165) is 16.7 Å². The van der Waals surface area contributed by atoms with Crippen molar-refractivity contribution in [3.63, 3.8) is 0 Å². The maximum atomic E-state index is 4.14. The lowest BCUT2D eigenvalue weighted by Gasteiger charge is -2.02. The van der Waals surface area contributed by atoms with E-state index in [1.807, 2.05) is 6.07 Å². The third kappa shape index (κ3) is 2.81. The van der Waals surface area contributed by atoms with Gasteiger partial charge in [0.25, 0.3) is 0 Å². The topological polar surface area (TPSA) is 0 Å².